The van der Waals surface area contributed by atoms with Crippen molar-refractivity contribution >= 4 is 5.91 Å². The van der Waals surface area contributed by atoms with Gasteiger partial charge in [-0.2, -0.15) is 0 Å². The number of carbonyl (C=O) groups excluding carboxylic acids is 1. The maximum atomic E-state index is 11.8. The lowest BCUT2D eigenvalue weighted by atomic mass is 9.84. The minimum absolute atomic E-state index is 0.00754. The summed E-state index contributed by atoms with van der Waals surface area (Å²) in [6.45, 7) is 2.04. The van der Waals surface area contributed by atoms with E-state index in [1.807, 2.05) is 25.1 Å². The van der Waals surface area contributed by atoms with Gasteiger partial charge in [0.25, 0.3) is 0 Å². The minimum atomic E-state index is -0.167. The monoisotopic (exact) mass is 247 g/mol. The van der Waals surface area contributed by atoms with Crippen molar-refractivity contribution in [1.82, 2.24) is 5.32 Å². The first-order valence-corrected chi connectivity index (χ1v) is 6.66. The Labute approximate surface area is 108 Å². The lowest BCUT2D eigenvalue weighted by Crippen LogP contribution is -2.43. The van der Waals surface area contributed by atoms with Crippen molar-refractivity contribution in [2.75, 3.05) is 6.61 Å². The molecule has 1 fully saturated rings. The van der Waals surface area contributed by atoms with Gasteiger partial charge in [0.1, 0.15) is 0 Å². The van der Waals surface area contributed by atoms with Crippen LogP contribution in [-0.4, -0.2) is 23.7 Å². The van der Waals surface area contributed by atoms with E-state index in [1.54, 1.807) is 0 Å². The third-order valence-electron chi connectivity index (χ3n) is 3.61. The fourth-order valence-electron chi connectivity index (χ4n) is 2.27. The van der Waals surface area contributed by atoms with Crippen LogP contribution in [0.2, 0.25) is 0 Å². The number of hydrogen-bond acceptors (Lipinski definition) is 2. The summed E-state index contributed by atoms with van der Waals surface area (Å²) in [6.07, 6.45) is 3.83. The normalized spacial score (nSPS) is 17.0. The molecule has 18 heavy (non-hydrogen) atoms. The van der Waals surface area contributed by atoms with Crippen molar-refractivity contribution in [3.8, 4) is 0 Å². The summed E-state index contributed by atoms with van der Waals surface area (Å²) in [7, 11) is 0. The average Bonchev–Trinajstić information content (AvgIpc) is 2.25. The van der Waals surface area contributed by atoms with Crippen molar-refractivity contribution < 1.29 is 9.90 Å². The molecule has 0 heterocycles. The molecule has 0 bridgehead atoms. The first-order chi connectivity index (χ1) is 8.69. The Kier molecular flexibility index (Phi) is 4.37. The molecule has 0 aliphatic heterocycles. The van der Waals surface area contributed by atoms with Gasteiger partial charge in [-0.3, -0.25) is 4.79 Å². The molecule has 1 aliphatic carbocycles. The van der Waals surface area contributed by atoms with Gasteiger partial charge in [0.05, 0.1) is 12.6 Å². The van der Waals surface area contributed by atoms with E-state index in [0.717, 1.165) is 24.8 Å². The second kappa shape index (κ2) is 6.01. The molecule has 0 radical (unpaired) electrons. The Morgan fingerprint density at radius 1 is 1.50 bits per heavy atom. The van der Waals surface area contributed by atoms with Crippen LogP contribution in [0, 0.1) is 12.8 Å². The van der Waals surface area contributed by atoms with Crippen LogP contribution in [0.3, 0.4) is 0 Å². The lowest BCUT2D eigenvalue weighted by molar-refractivity contribution is -0.128. The van der Waals surface area contributed by atoms with Crippen LogP contribution in [0.4, 0.5) is 0 Å². The standard InChI is InChI=1S/C15H21NO2/c1-11-4-2-5-12(8-11)9-14(10-17)16-15(18)13-6-3-7-13/h2,4-5,8,13-14,17H,3,6-7,9-10H2,1H3,(H,16,18)/t14-/m0/s1. The largest absolute Gasteiger partial charge is 0.394 e. The van der Waals surface area contributed by atoms with E-state index >= 15 is 0 Å². The zero-order valence-corrected chi connectivity index (χ0v) is 10.9. The molecule has 3 nitrogen and oxygen atoms in total. The molecule has 1 amide bonds. The first-order valence-electron chi connectivity index (χ1n) is 6.66. The quantitative estimate of drug-likeness (QED) is 0.833. The lowest BCUT2D eigenvalue weighted by Gasteiger charge is -2.26. The van der Waals surface area contributed by atoms with Gasteiger partial charge in [0, 0.05) is 5.92 Å². The number of amides is 1. The fraction of sp³-hybridized carbons (Fsp3) is 0.533. The van der Waals surface area contributed by atoms with Gasteiger partial charge < -0.3 is 10.4 Å². The summed E-state index contributed by atoms with van der Waals surface area (Å²) in [5.41, 5.74) is 2.36. The molecule has 98 valence electrons. The van der Waals surface area contributed by atoms with Crippen molar-refractivity contribution in [2.45, 2.75) is 38.6 Å². The molecule has 1 atom stereocenters. The zero-order chi connectivity index (χ0) is 13.0. The van der Waals surface area contributed by atoms with Gasteiger partial charge in [-0.1, -0.05) is 36.2 Å². The minimum Gasteiger partial charge on any atom is -0.394 e. The van der Waals surface area contributed by atoms with Crippen LogP contribution in [0.1, 0.15) is 30.4 Å². The number of carbonyl (C=O) groups is 1. The number of hydrogen-bond donors (Lipinski definition) is 2. The van der Waals surface area contributed by atoms with Gasteiger partial charge in [0.2, 0.25) is 5.91 Å². The highest BCUT2D eigenvalue weighted by molar-refractivity contribution is 5.79. The van der Waals surface area contributed by atoms with Crippen LogP contribution < -0.4 is 5.32 Å². The molecular weight excluding hydrogens is 226 g/mol. The SMILES string of the molecule is Cc1cccc(C[C@@H](CO)NC(=O)C2CCC2)c1. The summed E-state index contributed by atoms with van der Waals surface area (Å²) in [4.78, 5) is 11.8. The first kappa shape index (κ1) is 13.1. The van der Waals surface area contributed by atoms with Gasteiger partial charge in [-0.15, -0.1) is 0 Å². The smallest absolute Gasteiger partial charge is 0.223 e. The summed E-state index contributed by atoms with van der Waals surface area (Å²) in [5, 5.41) is 12.3. The number of rotatable bonds is 5. The van der Waals surface area contributed by atoms with Gasteiger partial charge in [0.15, 0.2) is 0 Å². The van der Waals surface area contributed by atoms with E-state index in [4.69, 9.17) is 0 Å². The van der Waals surface area contributed by atoms with Crippen molar-refractivity contribution in [3.63, 3.8) is 0 Å². The molecule has 1 aromatic carbocycles. The van der Waals surface area contributed by atoms with Crippen molar-refractivity contribution in [3.05, 3.63) is 35.4 Å². The van der Waals surface area contributed by atoms with Crippen LogP contribution in [0.15, 0.2) is 24.3 Å². The van der Waals surface area contributed by atoms with E-state index in [0.29, 0.717) is 6.42 Å². The molecular formula is C15H21NO2. The molecule has 1 aromatic rings. The Hall–Kier alpha value is -1.35. The number of aryl methyl sites for hydroxylation is 1. The highest BCUT2D eigenvalue weighted by Gasteiger charge is 2.26. The Balaban J connectivity index is 1.90. The van der Waals surface area contributed by atoms with E-state index in [2.05, 4.69) is 11.4 Å². The number of nitrogens with one attached hydrogen (secondary N) is 1. The molecule has 1 aliphatic rings. The van der Waals surface area contributed by atoms with E-state index in [1.165, 1.54) is 5.56 Å². The molecule has 3 heteroatoms. The van der Waals surface area contributed by atoms with Gasteiger partial charge in [-0.25, -0.2) is 0 Å². The summed E-state index contributed by atoms with van der Waals surface area (Å²) in [6, 6.07) is 8.01. The second-order valence-electron chi connectivity index (χ2n) is 5.21. The second-order valence-corrected chi connectivity index (χ2v) is 5.21. The highest BCUT2D eigenvalue weighted by Crippen LogP contribution is 2.26. The van der Waals surface area contributed by atoms with Crippen molar-refractivity contribution in [2.24, 2.45) is 5.92 Å². The molecule has 0 unspecified atom stereocenters. The summed E-state index contributed by atoms with van der Waals surface area (Å²) < 4.78 is 0. The predicted molar refractivity (Wildman–Crippen MR) is 71.2 cm³/mol. The Morgan fingerprint density at radius 2 is 2.28 bits per heavy atom. The molecule has 1 saturated carbocycles. The molecule has 0 spiro atoms. The van der Waals surface area contributed by atoms with E-state index in [-0.39, 0.29) is 24.5 Å². The van der Waals surface area contributed by atoms with Crippen LogP contribution >= 0.6 is 0 Å². The molecule has 2 rings (SSSR count). The van der Waals surface area contributed by atoms with Crippen LogP contribution in [-0.2, 0) is 11.2 Å². The number of benzene rings is 1. The zero-order valence-electron chi connectivity index (χ0n) is 10.9. The Morgan fingerprint density at radius 3 is 2.83 bits per heavy atom. The molecule has 0 aromatic heterocycles. The molecule has 0 saturated heterocycles. The van der Waals surface area contributed by atoms with Crippen LogP contribution in [0.5, 0.6) is 0 Å². The fourth-order valence-corrected chi connectivity index (χ4v) is 2.27. The maximum absolute atomic E-state index is 11.8. The number of aliphatic hydroxyl groups excluding tert-OH is 1. The summed E-state index contributed by atoms with van der Waals surface area (Å²) in [5.74, 6) is 0.282. The van der Waals surface area contributed by atoms with Crippen LogP contribution in [0.25, 0.3) is 0 Å². The average molecular weight is 247 g/mol. The van der Waals surface area contributed by atoms with Gasteiger partial charge in [-0.05, 0) is 31.7 Å². The predicted octanol–water partition coefficient (Wildman–Crippen LogP) is 1.81. The van der Waals surface area contributed by atoms with Crippen molar-refractivity contribution in [1.29, 1.82) is 0 Å². The summed E-state index contributed by atoms with van der Waals surface area (Å²) >= 11 is 0. The Bertz CT molecular complexity index is 413. The molecule has 2 N–H and O–H groups in total. The van der Waals surface area contributed by atoms with Gasteiger partial charge >= 0.3 is 0 Å². The maximum Gasteiger partial charge on any atom is 0.223 e. The third-order valence-corrected chi connectivity index (χ3v) is 3.61. The number of aliphatic hydroxyl groups is 1. The third kappa shape index (κ3) is 3.33. The topological polar surface area (TPSA) is 49.3 Å². The van der Waals surface area contributed by atoms with E-state index < -0.39 is 0 Å². The highest BCUT2D eigenvalue weighted by atomic mass is 16.3. The van der Waals surface area contributed by atoms with E-state index in [9.17, 15) is 9.90 Å².